The maximum absolute atomic E-state index is 12.3. The molecule has 1 heterocycles. The molecule has 0 saturated carbocycles. The second-order valence-electron chi connectivity index (χ2n) is 6.96. The maximum Gasteiger partial charge on any atom is 0.234 e. The molecule has 3 aromatic rings. The van der Waals surface area contributed by atoms with Crippen molar-refractivity contribution in [3.05, 3.63) is 60.2 Å². The highest BCUT2D eigenvalue weighted by atomic mass is 32.2. The Morgan fingerprint density at radius 2 is 1.74 bits per heavy atom. The van der Waals surface area contributed by atoms with Crippen molar-refractivity contribution in [3.63, 3.8) is 0 Å². The molecule has 0 unspecified atom stereocenters. The van der Waals surface area contributed by atoms with Gasteiger partial charge in [0.25, 0.3) is 0 Å². The Morgan fingerprint density at radius 1 is 0.968 bits per heavy atom. The van der Waals surface area contributed by atoms with E-state index in [-0.39, 0.29) is 11.7 Å². The molecule has 1 aromatic heterocycles. The predicted octanol–water partition coefficient (Wildman–Crippen LogP) is 5.23. The Balaban J connectivity index is 1.53. The third-order valence-corrected chi connectivity index (χ3v) is 5.65. The van der Waals surface area contributed by atoms with E-state index < -0.39 is 0 Å². The molecular weight excluding hydrogens is 410 g/mol. The van der Waals surface area contributed by atoms with Crippen molar-refractivity contribution in [2.24, 2.45) is 0 Å². The highest BCUT2D eigenvalue weighted by molar-refractivity contribution is 7.99. The van der Waals surface area contributed by atoms with Crippen molar-refractivity contribution in [3.8, 4) is 22.8 Å². The number of amides is 1. The van der Waals surface area contributed by atoms with Gasteiger partial charge in [-0.3, -0.25) is 4.79 Å². The number of benzene rings is 2. The summed E-state index contributed by atoms with van der Waals surface area (Å²) in [5.74, 6) is 1.49. The van der Waals surface area contributed by atoms with Crippen LogP contribution in [0.5, 0.6) is 11.5 Å². The number of aryl methyl sites for hydroxylation is 1. The molecule has 0 aliphatic heterocycles. The van der Waals surface area contributed by atoms with E-state index in [4.69, 9.17) is 9.47 Å². The summed E-state index contributed by atoms with van der Waals surface area (Å²) in [6.45, 7) is 2.18. The number of methoxy groups -OCH3 is 2. The number of nitrogens with zero attached hydrogens (tertiary/aromatic N) is 2. The maximum atomic E-state index is 12.3. The molecular formula is C24H27N3O3S. The molecule has 0 atom stereocenters. The highest BCUT2D eigenvalue weighted by Gasteiger charge is 2.09. The monoisotopic (exact) mass is 437 g/mol. The molecule has 0 fully saturated rings. The van der Waals surface area contributed by atoms with Gasteiger partial charge in [-0.2, -0.15) is 0 Å². The molecule has 1 amide bonds. The normalized spacial score (nSPS) is 10.5. The molecule has 0 aliphatic carbocycles. The Morgan fingerprint density at radius 3 is 2.39 bits per heavy atom. The van der Waals surface area contributed by atoms with Gasteiger partial charge < -0.3 is 14.8 Å². The van der Waals surface area contributed by atoms with E-state index in [9.17, 15) is 4.79 Å². The van der Waals surface area contributed by atoms with Gasteiger partial charge in [0, 0.05) is 11.3 Å². The first-order valence-electron chi connectivity index (χ1n) is 10.2. The minimum Gasteiger partial charge on any atom is -0.493 e. The van der Waals surface area contributed by atoms with Gasteiger partial charge in [0.1, 0.15) is 5.03 Å². The summed E-state index contributed by atoms with van der Waals surface area (Å²) in [5, 5.41) is 12.1. The number of aromatic nitrogens is 2. The lowest BCUT2D eigenvalue weighted by Gasteiger charge is -2.09. The largest absolute Gasteiger partial charge is 0.493 e. The minimum atomic E-state index is -0.0722. The number of unbranched alkanes of at least 4 members (excludes halogenated alkanes) is 1. The summed E-state index contributed by atoms with van der Waals surface area (Å²) >= 11 is 1.35. The van der Waals surface area contributed by atoms with Crippen LogP contribution in [0.1, 0.15) is 25.3 Å². The molecule has 3 rings (SSSR count). The topological polar surface area (TPSA) is 73.3 Å². The number of rotatable bonds is 10. The van der Waals surface area contributed by atoms with E-state index in [1.54, 1.807) is 14.2 Å². The summed E-state index contributed by atoms with van der Waals surface area (Å²) in [6, 6.07) is 17.4. The third-order valence-electron chi connectivity index (χ3n) is 4.73. The second kappa shape index (κ2) is 11.4. The van der Waals surface area contributed by atoms with E-state index in [1.165, 1.54) is 30.2 Å². The van der Waals surface area contributed by atoms with Gasteiger partial charge in [0.2, 0.25) is 5.91 Å². The van der Waals surface area contributed by atoms with Crippen LogP contribution in [0.2, 0.25) is 0 Å². The number of hydrogen-bond acceptors (Lipinski definition) is 6. The molecule has 2 aromatic carbocycles. The molecule has 0 aliphatic rings. The molecule has 7 heteroatoms. The molecule has 162 valence electrons. The molecule has 0 bridgehead atoms. The summed E-state index contributed by atoms with van der Waals surface area (Å²) < 4.78 is 10.6. The number of anilines is 1. The fourth-order valence-corrected chi connectivity index (χ4v) is 3.63. The van der Waals surface area contributed by atoms with Crippen molar-refractivity contribution in [2.45, 2.75) is 31.2 Å². The summed E-state index contributed by atoms with van der Waals surface area (Å²) in [6.07, 6.45) is 3.42. The molecule has 0 spiro atoms. The fourth-order valence-electron chi connectivity index (χ4n) is 3.02. The van der Waals surface area contributed by atoms with Crippen LogP contribution in [0.3, 0.4) is 0 Å². The Hall–Kier alpha value is -3.06. The summed E-state index contributed by atoms with van der Waals surface area (Å²) in [5.41, 5.74) is 3.69. The van der Waals surface area contributed by atoms with Crippen molar-refractivity contribution in [1.29, 1.82) is 0 Å². The molecule has 31 heavy (non-hydrogen) atoms. The van der Waals surface area contributed by atoms with Crippen LogP contribution in [0.15, 0.2) is 59.6 Å². The fraction of sp³-hybridized carbons (Fsp3) is 0.292. The lowest BCUT2D eigenvalue weighted by molar-refractivity contribution is -0.113. The lowest BCUT2D eigenvalue weighted by Crippen LogP contribution is -2.14. The van der Waals surface area contributed by atoms with Gasteiger partial charge in [-0.25, -0.2) is 0 Å². The van der Waals surface area contributed by atoms with Gasteiger partial charge in [0.15, 0.2) is 11.5 Å². The van der Waals surface area contributed by atoms with E-state index in [0.29, 0.717) is 16.5 Å². The van der Waals surface area contributed by atoms with Crippen LogP contribution in [-0.2, 0) is 11.2 Å². The van der Waals surface area contributed by atoms with Gasteiger partial charge in [-0.05, 0) is 60.9 Å². The van der Waals surface area contributed by atoms with Crippen LogP contribution in [0, 0.1) is 0 Å². The molecule has 6 nitrogen and oxygen atoms in total. The summed E-state index contributed by atoms with van der Waals surface area (Å²) in [4.78, 5) is 12.3. The SMILES string of the molecule is CCCCc1ccc(NC(=O)CSc2ccc(-c3ccc(OC)c(OC)c3)nn2)cc1. The van der Waals surface area contributed by atoms with Gasteiger partial charge >= 0.3 is 0 Å². The number of carbonyl (C=O) groups excluding carboxylic acids is 1. The first-order valence-corrected chi connectivity index (χ1v) is 11.2. The standard InChI is InChI=1S/C24H27N3O3S/c1-4-5-6-17-7-10-19(11-8-17)25-23(28)16-31-24-14-12-20(26-27-24)18-9-13-21(29-2)22(15-18)30-3/h7-15H,4-6,16H2,1-3H3,(H,25,28). The third kappa shape index (κ3) is 6.46. The van der Waals surface area contributed by atoms with E-state index >= 15 is 0 Å². The van der Waals surface area contributed by atoms with E-state index in [0.717, 1.165) is 23.4 Å². The zero-order valence-corrected chi connectivity index (χ0v) is 18.9. The Kier molecular flexibility index (Phi) is 8.29. The van der Waals surface area contributed by atoms with Crippen molar-refractivity contribution >= 4 is 23.4 Å². The zero-order chi connectivity index (χ0) is 22.1. The second-order valence-corrected chi connectivity index (χ2v) is 7.96. The molecule has 0 saturated heterocycles. The van der Waals surface area contributed by atoms with Gasteiger partial charge in [0.05, 0.1) is 25.7 Å². The predicted molar refractivity (Wildman–Crippen MR) is 125 cm³/mol. The summed E-state index contributed by atoms with van der Waals surface area (Å²) in [7, 11) is 3.20. The van der Waals surface area contributed by atoms with E-state index in [2.05, 4.69) is 34.6 Å². The van der Waals surface area contributed by atoms with Crippen LogP contribution >= 0.6 is 11.8 Å². The quantitative estimate of drug-likeness (QED) is 0.438. The first kappa shape index (κ1) is 22.6. The van der Waals surface area contributed by atoms with E-state index in [1.807, 2.05) is 42.5 Å². The molecule has 1 N–H and O–H groups in total. The Labute approximate surface area is 187 Å². The van der Waals surface area contributed by atoms with Crippen molar-refractivity contribution in [1.82, 2.24) is 10.2 Å². The average molecular weight is 438 g/mol. The highest BCUT2D eigenvalue weighted by Crippen LogP contribution is 2.31. The van der Waals surface area contributed by atoms with Crippen LogP contribution in [0.4, 0.5) is 5.69 Å². The number of thioether (sulfide) groups is 1. The van der Waals surface area contributed by atoms with Crippen LogP contribution in [0.25, 0.3) is 11.3 Å². The number of hydrogen-bond donors (Lipinski definition) is 1. The van der Waals surface area contributed by atoms with Crippen molar-refractivity contribution in [2.75, 3.05) is 25.3 Å². The first-order chi connectivity index (χ1) is 15.1. The van der Waals surface area contributed by atoms with Crippen LogP contribution < -0.4 is 14.8 Å². The number of ether oxygens (including phenoxy) is 2. The van der Waals surface area contributed by atoms with Crippen LogP contribution in [-0.4, -0.2) is 36.1 Å². The van der Waals surface area contributed by atoms with Gasteiger partial charge in [-0.15, -0.1) is 10.2 Å². The number of carbonyl (C=O) groups is 1. The van der Waals surface area contributed by atoms with Crippen molar-refractivity contribution < 1.29 is 14.3 Å². The lowest BCUT2D eigenvalue weighted by atomic mass is 10.1. The minimum absolute atomic E-state index is 0.0722. The number of nitrogens with one attached hydrogen (secondary N) is 1. The smallest absolute Gasteiger partial charge is 0.234 e. The zero-order valence-electron chi connectivity index (χ0n) is 18.1. The Bertz CT molecular complexity index is 992. The average Bonchev–Trinajstić information content (AvgIpc) is 2.82. The molecule has 0 radical (unpaired) electrons. The van der Waals surface area contributed by atoms with Gasteiger partial charge in [-0.1, -0.05) is 37.2 Å².